The third kappa shape index (κ3) is 4.31. The molecule has 0 bridgehead atoms. The first-order valence-corrected chi connectivity index (χ1v) is 6.92. The molecule has 1 aromatic carbocycles. The molecule has 1 heterocycles. The molecule has 1 aromatic rings. The van der Waals surface area contributed by atoms with Crippen molar-refractivity contribution in [3.05, 3.63) is 35.4 Å². The molecule has 1 atom stereocenters. The lowest BCUT2D eigenvalue weighted by molar-refractivity contribution is -0.131. The maximum absolute atomic E-state index is 10.6. The number of carboxylic acids is 1. The van der Waals surface area contributed by atoms with E-state index in [9.17, 15) is 9.90 Å². The maximum Gasteiger partial charge on any atom is 0.328 e. The number of methoxy groups -OCH3 is 1. The van der Waals surface area contributed by atoms with Crippen LogP contribution >= 0.6 is 0 Å². The Morgan fingerprint density at radius 2 is 2.29 bits per heavy atom. The standard InChI is InChI=1S/C16H21NO4/c1-16(20)7-8-17(11-16)10-12-3-5-14(21-2)13(9-12)4-6-15(18)19/h3-6,9,20H,7-8,10-11H2,1-2H3,(H,18,19)/b6-4+. The van der Waals surface area contributed by atoms with Gasteiger partial charge in [-0.2, -0.15) is 0 Å². The first-order valence-electron chi connectivity index (χ1n) is 6.92. The fourth-order valence-electron chi connectivity index (χ4n) is 2.61. The maximum atomic E-state index is 10.6. The summed E-state index contributed by atoms with van der Waals surface area (Å²) < 4.78 is 5.24. The molecule has 0 saturated carbocycles. The molecule has 114 valence electrons. The molecule has 0 aliphatic carbocycles. The van der Waals surface area contributed by atoms with Crippen LogP contribution in [0.4, 0.5) is 0 Å². The van der Waals surface area contributed by atoms with Gasteiger partial charge in [0.2, 0.25) is 0 Å². The van der Waals surface area contributed by atoms with Crippen molar-refractivity contribution >= 4 is 12.0 Å². The summed E-state index contributed by atoms with van der Waals surface area (Å²) in [6, 6.07) is 5.72. The fraction of sp³-hybridized carbons (Fsp3) is 0.438. The van der Waals surface area contributed by atoms with Gasteiger partial charge in [0, 0.05) is 31.3 Å². The molecule has 0 radical (unpaired) electrons. The van der Waals surface area contributed by atoms with E-state index in [2.05, 4.69) is 4.90 Å². The zero-order valence-electron chi connectivity index (χ0n) is 12.4. The van der Waals surface area contributed by atoms with Gasteiger partial charge in [0.05, 0.1) is 12.7 Å². The number of ether oxygens (including phenoxy) is 1. The molecule has 1 fully saturated rings. The second-order valence-electron chi connectivity index (χ2n) is 5.71. The number of aliphatic carboxylic acids is 1. The van der Waals surface area contributed by atoms with E-state index in [-0.39, 0.29) is 0 Å². The lowest BCUT2D eigenvalue weighted by Gasteiger charge is -2.19. The Morgan fingerprint density at radius 3 is 2.86 bits per heavy atom. The largest absolute Gasteiger partial charge is 0.496 e. The molecule has 5 heteroatoms. The highest BCUT2D eigenvalue weighted by molar-refractivity contribution is 5.86. The van der Waals surface area contributed by atoms with Gasteiger partial charge >= 0.3 is 5.97 Å². The lowest BCUT2D eigenvalue weighted by Crippen LogP contribution is -2.29. The van der Waals surface area contributed by atoms with E-state index in [1.807, 2.05) is 25.1 Å². The molecule has 2 rings (SSSR count). The van der Waals surface area contributed by atoms with E-state index in [4.69, 9.17) is 9.84 Å². The number of likely N-dealkylation sites (tertiary alicyclic amines) is 1. The average Bonchev–Trinajstić information content (AvgIpc) is 2.75. The van der Waals surface area contributed by atoms with Gasteiger partial charge in [-0.3, -0.25) is 4.90 Å². The Kier molecular flexibility index (Phi) is 4.65. The predicted octanol–water partition coefficient (Wildman–Crippen LogP) is 1.75. The molecule has 1 unspecified atom stereocenters. The predicted molar refractivity (Wildman–Crippen MR) is 80.2 cm³/mol. The minimum atomic E-state index is -0.988. The Morgan fingerprint density at radius 1 is 1.52 bits per heavy atom. The van der Waals surface area contributed by atoms with Crippen LogP contribution in [0, 0.1) is 0 Å². The molecule has 2 N–H and O–H groups in total. The highest BCUT2D eigenvalue weighted by Crippen LogP contribution is 2.25. The normalized spacial score (nSPS) is 22.8. The molecule has 1 saturated heterocycles. The minimum absolute atomic E-state index is 0.613. The van der Waals surface area contributed by atoms with Gasteiger partial charge in [-0.05, 0) is 37.1 Å². The third-order valence-electron chi connectivity index (χ3n) is 3.64. The van der Waals surface area contributed by atoms with Gasteiger partial charge in [0.1, 0.15) is 5.75 Å². The van der Waals surface area contributed by atoms with Crippen LogP contribution in [0.25, 0.3) is 6.08 Å². The van der Waals surface area contributed by atoms with Crippen molar-refractivity contribution in [3.8, 4) is 5.75 Å². The summed E-state index contributed by atoms with van der Waals surface area (Å²) in [6.07, 6.45) is 3.40. The topological polar surface area (TPSA) is 70.0 Å². The van der Waals surface area contributed by atoms with Gasteiger partial charge in [-0.15, -0.1) is 0 Å². The number of nitrogens with zero attached hydrogens (tertiary/aromatic N) is 1. The van der Waals surface area contributed by atoms with E-state index in [1.54, 1.807) is 7.11 Å². The summed E-state index contributed by atoms with van der Waals surface area (Å²) in [6.45, 7) is 4.09. The zero-order chi connectivity index (χ0) is 15.5. The number of β-amino-alcohol motifs (C(OH)–C–C–N with tert-alkyl or cyclic N) is 1. The Labute approximate surface area is 124 Å². The van der Waals surface area contributed by atoms with Crippen molar-refractivity contribution in [1.29, 1.82) is 0 Å². The number of carbonyl (C=O) groups is 1. The van der Waals surface area contributed by atoms with Gasteiger partial charge < -0.3 is 14.9 Å². The Balaban J connectivity index is 2.14. The number of hydrogen-bond acceptors (Lipinski definition) is 4. The van der Waals surface area contributed by atoms with Crippen LogP contribution in [-0.2, 0) is 11.3 Å². The Bertz CT molecular complexity index is 551. The molecule has 0 spiro atoms. The first-order chi connectivity index (χ1) is 9.89. The van der Waals surface area contributed by atoms with Gasteiger partial charge in [0.25, 0.3) is 0 Å². The SMILES string of the molecule is COc1ccc(CN2CCC(C)(O)C2)cc1/C=C/C(=O)O. The highest BCUT2D eigenvalue weighted by Gasteiger charge is 2.30. The summed E-state index contributed by atoms with van der Waals surface area (Å²) >= 11 is 0. The smallest absolute Gasteiger partial charge is 0.328 e. The summed E-state index contributed by atoms with van der Waals surface area (Å²) in [5.41, 5.74) is 1.19. The molecule has 0 amide bonds. The Hall–Kier alpha value is -1.85. The quantitative estimate of drug-likeness (QED) is 0.809. The van der Waals surface area contributed by atoms with Crippen molar-refractivity contribution in [3.63, 3.8) is 0 Å². The molecule has 21 heavy (non-hydrogen) atoms. The average molecular weight is 291 g/mol. The van der Waals surface area contributed by atoms with Crippen molar-refractivity contribution in [2.45, 2.75) is 25.5 Å². The summed E-state index contributed by atoms with van der Waals surface area (Å²) in [5, 5.41) is 18.7. The van der Waals surface area contributed by atoms with Gasteiger partial charge in [-0.1, -0.05) is 6.07 Å². The second kappa shape index (κ2) is 6.28. The van der Waals surface area contributed by atoms with Crippen LogP contribution < -0.4 is 4.74 Å². The van der Waals surface area contributed by atoms with Crippen molar-refractivity contribution < 1.29 is 19.7 Å². The highest BCUT2D eigenvalue weighted by atomic mass is 16.5. The van der Waals surface area contributed by atoms with Gasteiger partial charge in [0.15, 0.2) is 0 Å². The first kappa shape index (κ1) is 15.5. The number of rotatable bonds is 5. The van der Waals surface area contributed by atoms with Crippen LogP contribution in [0.1, 0.15) is 24.5 Å². The number of benzene rings is 1. The number of hydrogen-bond donors (Lipinski definition) is 2. The summed E-state index contributed by atoms with van der Waals surface area (Å²) in [7, 11) is 1.56. The summed E-state index contributed by atoms with van der Waals surface area (Å²) in [5.74, 6) is -0.345. The van der Waals surface area contributed by atoms with Crippen molar-refractivity contribution in [2.24, 2.45) is 0 Å². The zero-order valence-corrected chi connectivity index (χ0v) is 12.4. The fourth-order valence-corrected chi connectivity index (χ4v) is 2.61. The van der Waals surface area contributed by atoms with Crippen LogP contribution in [-0.4, -0.2) is 46.9 Å². The third-order valence-corrected chi connectivity index (χ3v) is 3.64. The van der Waals surface area contributed by atoms with E-state index in [0.29, 0.717) is 12.3 Å². The van der Waals surface area contributed by atoms with E-state index in [0.717, 1.165) is 36.7 Å². The number of carboxylic acid groups (broad SMARTS) is 1. The van der Waals surface area contributed by atoms with E-state index >= 15 is 0 Å². The molecule has 0 aromatic heterocycles. The summed E-state index contributed by atoms with van der Waals surface area (Å²) in [4.78, 5) is 12.8. The van der Waals surface area contributed by atoms with Gasteiger partial charge in [-0.25, -0.2) is 4.79 Å². The lowest BCUT2D eigenvalue weighted by atomic mass is 10.1. The molecular formula is C16H21NO4. The molecular weight excluding hydrogens is 270 g/mol. The molecule has 5 nitrogen and oxygen atoms in total. The van der Waals surface area contributed by atoms with E-state index in [1.165, 1.54) is 6.08 Å². The molecule has 1 aliphatic rings. The van der Waals surface area contributed by atoms with Crippen LogP contribution in [0.15, 0.2) is 24.3 Å². The van der Waals surface area contributed by atoms with Crippen LogP contribution in [0.5, 0.6) is 5.75 Å². The van der Waals surface area contributed by atoms with Crippen LogP contribution in [0.2, 0.25) is 0 Å². The van der Waals surface area contributed by atoms with Crippen molar-refractivity contribution in [1.82, 2.24) is 4.90 Å². The van der Waals surface area contributed by atoms with Crippen LogP contribution in [0.3, 0.4) is 0 Å². The monoisotopic (exact) mass is 291 g/mol. The van der Waals surface area contributed by atoms with Crippen molar-refractivity contribution in [2.75, 3.05) is 20.2 Å². The molecule has 1 aliphatic heterocycles. The number of aliphatic hydroxyl groups is 1. The van der Waals surface area contributed by atoms with E-state index < -0.39 is 11.6 Å². The minimum Gasteiger partial charge on any atom is -0.496 e. The second-order valence-corrected chi connectivity index (χ2v) is 5.71.